The molecule has 3 heterocycles. The number of thiazole rings is 2. The summed E-state index contributed by atoms with van der Waals surface area (Å²) in [4.78, 5) is 61.5. The maximum atomic E-state index is 13.9. The molecule has 4 aromatic carbocycles. The summed E-state index contributed by atoms with van der Waals surface area (Å²) in [6.07, 6.45) is 5.33. The van der Waals surface area contributed by atoms with E-state index >= 15 is 0 Å². The molecule has 0 fully saturated rings. The number of rotatable bonds is 13. The minimum absolute atomic E-state index is 0.00828. The summed E-state index contributed by atoms with van der Waals surface area (Å²) in [6.45, 7) is 0. The van der Waals surface area contributed by atoms with Crippen molar-refractivity contribution in [1.29, 1.82) is 0 Å². The van der Waals surface area contributed by atoms with Crippen LogP contribution in [0.4, 0.5) is 30.4 Å². The van der Waals surface area contributed by atoms with E-state index in [-0.39, 0.29) is 43.1 Å². The van der Waals surface area contributed by atoms with Crippen LogP contribution in [0.15, 0.2) is 135 Å². The molecule has 0 aliphatic rings. The van der Waals surface area contributed by atoms with Crippen LogP contribution < -0.4 is 40.2 Å². The van der Waals surface area contributed by atoms with E-state index < -0.39 is 45.1 Å². The van der Waals surface area contributed by atoms with Crippen LogP contribution in [0, 0.1) is 11.6 Å². The smallest absolute Gasteiger partial charge is 0.315 e. The lowest BCUT2D eigenvalue weighted by Gasteiger charge is -2.14. The third kappa shape index (κ3) is 13.3. The number of nitrogens with one attached hydrogen (secondary N) is 4. The Balaban J connectivity index is 0.000000216. The van der Waals surface area contributed by atoms with Crippen molar-refractivity contribution in [2.75, 3.05) is 41.7 Å². The molecule has 17 nitrogen and oxygen atoms in total. The summed E-state index contributed by atoms with van der Waals surface area (Å²) in [5, 5.41) is 10.4. The molecule has 0 aliphatic heterocycles. The molecule has 7 rings (SSSR count). The number of carbonyl (C=O) groups is 4. The van der Waals surface area contributed by atoms with E-state index in [9.17, 15) is 36.4 Å². The largest absolute Gasteiger partial charge is 0.493 e. The predicted octanol–water partition coefficient (Wildman–Crippen LogP) is 8.27. The van der Waals surface area contributed by atoms with Crippen LogP contribution in [-0.2, 0) is 29.0 Å². The Morgan fingerprint density at radius 2 is 1.03 bits per heavy atom. The Morgan fingerprint density at radius 3 is 1.49 bits per heavy atom. The molecule has 0 saturated carbocycles. The lowest BCUT2D eigenvalue weighted by molar-refractivity contribution is -0.133. The molecule has 0 spiro atoms. The summed E-state index contributed by atoms with van der Waals surface area (Å²) < 4.78 is 73.1. The van der Waals surface area contributed by atoms with Gasteiger partial charge in [-0.15, -0.1) is 0 Å². The summed E-state index contributed by atoms with van der Waals surface area (Å²) >= 11 is 3.29. The average molecular weight is 962 g/mol. The van der Waals surface area contributed by atoms with Gasteiger partial charge in [0.1, 0.15) is 20.9 Å². The topological polar surface area (TPSA) is 226 Å². The molecule has 4 amide bonds. The van der Waals surface area contributed by atoms with Gasteiger partial charge < -0.3 is 29.6 Å². The fourth-order valence-electron chi connectivity index (χ4n) is 5.04. The van der Waals surface area contributed by atoms with Gasteiger partial charge in [-0.05, 0) is 60.7 Å². The molecule has 0 bridgehead atoms. The highest BCUT2D eigenvalue weighted by Gasteiger charge is 2.22. The van der Waals surface area contributed by atoms with Gasteiger partial charge in [0.25, 0.3) is 0 Å². The zero-order valence-electron chi connectivity index (χ0n) is 33.9. The Bertz CT molecular complexity index is 2960. The Morgan fingerprint density at radius 1 is 0.569 bits per heavy atom. The number of methoxy groups -OCH3 is 2. The van der Waals surface area contributed by atoms with Crippen molar-refractivity contribution >= 4 is 89.5 Å². The highest BCUT2D eigenvalue weighted by Crippen LogP contribution is 2.37. The standard InChI is InChI=1S/C23H17FN4O4S2.C19H16FN3O6S2/c1-31-16-6-2-3-7-17(16)32-18-12-14(24)9-10-15(18)27-21(29)22(30)28-23-26-13-20(34-23)33-19-8-4-5-11-25-19;1-28-13-5-3-4-6-14(13)29-15-9-11(20)7-8-12(15)22-17(24)18(25)23-19-21-10-16(30-19)31(2,26)27/h2-13H,1H3,(H,27,29)(H,26,28,30);3-10H,1-2H3,(H,22,24)(H,21,23,25). The lowest BCUT2D eigenvalue weighted by Crippen LogP contribution is -2.29. The van der Waals surface area contributed by atoms with Crippen molar-refractivity contribution in [2.24, 2.45) is 0 Å². The number of para-hydroxylation sites is 4. The number of pyridine rings is 1. The van der Waals surface area contributed by atoms with Crippen LogP contribution in [0.2, 0.25) is 0 Å². The van der Waals surface area contributed by atoms with E-state index in [0.29, 0.717) is 28.6 Å². The van der Waals surface area contributed by atoms with Gasteiger partial charge in [-0.2, -0.15) is 0 Å². The Hall–Kier alpha value is -7.47. The Labute approximate surface area is 381 Å². The van der Waals surface area contributed by atoms with Crippen molar-refractivity contribution in [3.63, 3.8) is 0 Å². The fourth-order valence-corrected chi connectivity index (χ4v) is 8.45. The van der Waals surface area contributed by atoms with Crippen LogP contribution in [0.5, 0.6) is 34.5 Å². The number of anilines is 4. The number of hydrogen-bond acceptors (Lipinski definition) is 16. The molecule has 0 saturated heterocycles. The van der Waals surface area contributed by atoms with E-state index in [2.05, 4.69) is 36.2 Å². The van der Waals surface area contributed by atoms with E-state index in [0.717, 1.165) is 46.0 Å². The van der Waals surface area contributed by atoms with E-state index in [1.165, 1.54) is 49.5 Å². The second kappa shape index (κ2) is 21.7. The second-order valence-electron chi connectivity index (χ2n) is 12.6. The molecule has 3 aromatic heterocycles. The summed E-state index contributed by atoms with van der Waals surface area (Å²) in [5.41, 5.74) is 0.140. The molecule has 0 unspecified atom stereocenters. The maximum Gasteiger partial charge on any atom is 0.315 e. The van der Waals surface area contributed by atoms with Gasteiger partial charge in [-0.25, -0.2) is 32.2 Å². The summed E-state index contributed by atoms with van der Waals surface area (Å²) in [6, 6.07) is 25.8. The van der Waals surface area contributed by atoms with Crippen molar-refractivity contribution < 1.29 is 55.3 Å². The molecule has 0 radical (unpaired) electrons. The van der Waals surface area contributed by atoms with E-state index in [4.69, 9.17) is 18.9 Å². The first-order valence-corrected chi connectivity index (χ1v) is 22.7. The number of nitrogens with zero attached hydrogens (tertiary/aromatic N) is 3. The van der Waals surface area contributed by atoms with Gasteiger partial charge in [0.05, 0.1) is 42.2 Å². The quantitative estimate of drug-likeness (QED) is 0.0799. The zero-order chi connectivity index (χ0) is 46.5. The van der Waals surface area contributed by atoms with Crippen LogP contribution in [-0.4, -0.2) is 67.5 Å². The third-order valence-corrected chi connectivity index (χ3v) is 12.7. The normalized spacial score (nSPS) is 10.7. The van der Waals surface area contributed by atoms with Crippen LogP contribution in [0.1, 0.15) is 0 Å². The number of benzene rings is 4. The number of amides is 4. The van der Waals surface area contributed by atoms with Gasteiger partial charge in [-0.1, -0.05) is 64.8 Å². The first-order valence-electron chi connectivity index (χ1n) is 18.3. The molecule has 23 heteroatoms. The molecule has 0 aliphatic carbocycles. The minimum atomic E-state index is -3.49. The predicted molar refractivity (Wildman–Crippen MR) is 239 cm³/mol. The highest BCUT2D eigenvalue weighted by molar-refractivity contribution is 8.01. The number of hydrogen-bond donors (Lipinski definition) is 4. The number of carbonyl (C=O) groups excluding carboxylic acids is 4. The molecule has 65 heavy (non-hydrogen) atoms. The fraction of sp³-hybridized carbons (Fsp3) is 0.0714. The van der Waals surface area contributed by atoms with Gasteiger partial charge in [-0.3, -0.25) is 29.8 Å². The number of ether oxygens (including phenoxy) is 4. The first-order chi connectivity index (χ1) is 31.2. The summed E-state index contributed by atoms with van der Waals surface area (Å²) in [5.74, 6) is -3.94. The molecule has 0 atom stereocenters. The Kier molecular flexibility index (Phi) is 15.7. The molecule has 4 N–H and O–H groups in total. The molecular weight excluding hydrogens is 929 g/mol. The number of aromatic nitrogens is 3. The van der Waals surface area contributed by atoms with E-state index in [1.54, 1.807) is 60.9 Å². The van der Waals surface area contributed by atoms with E-state index in [1.807, 2.05) is 18.2 Å². The van der Waals surface area contributed by atoms with Crippen molar-refractivity contribution in [2.45, 2.75) is 13.4 Å². The first kappa shape index (κ1) is 47.0. The van der Waals surface area contributed by atoms with Gasteiger partial charge in [0, 0.05) is 24.6 Å². The van der Waals surface area contributed by atoms with Crippen LogP contribution in [0.25, 0.3) is 0 Å². The van der Waals surface area contributed by atoms with Crippen LogP contribution >= 0.6 is 34.4 Å². The van der Waals surface area contributed by atoms with Crippen molar-refractivity contribution in [3.8, 4) is 34.5 Å². The van der Waals surface area contributed by atoms with Gasteiger partial charge >= 0.3 is 23.6 Å². The second-order valence-corrected chi connectivity index (χ2v) is 18.2. The zero-order valence-corrected chi connectivity index (χ0v) is 37.1. The van der Waals surface area contributed by atoms with Crippen molar-refractivity contribution in [1.82, 2.24) is 15.0 Å². The molecule has 334 valence electrons. The number of sulfone groups is 1. The van der Waals surface area contributed by atoms with Gasteiger partial charge in [0.2, 0.25) is 0 Å². The maximum absolute atomic E-state index is 13.9. The van der Waals surface area contributed by atoms with Crippen LogP contribution in [0.3, 0.4) is 0 Å². The average Bonchev–Trinajstić information content (AvgIpc) is 3.96. The molecule has 7 aromatic rings. The highest BCUT2D eigenvalue weighted by atomic mass is 32.2. The third-order valence-electron chi connectivity index (χ3n) is 7.99. The van der Waals surface area contributed by atoms with Crippen molar-refractivity contribution in [3.05, 3.63) is 133 Å². The van der Waals surface area contributed by atoms with Gasteiger partial charge in [0.15, 0.2) is 54.6 Å². The SMILES string of the molecule is COc1ccccc1Oc1cc(F)ccc1NC(=O)C(=O)Nc1ncc(S(C)(=O)=O)s1.COc1ccccc1Oc1cc(F)ccc1NC(=O)C(=O)Nc1ncc(Sc2ccccn2)s1. The lowest BCUT2D eigenvalue weighted by atomic mass is 10.2. The number of halogens is 2. The minimum Gasteiger partial charge on any atom is -0.493 e. The summed E-state index contributed by atoms with van der Waals surface area (Å²) in [7, 11) is -0.579. The molecular formula is C42H33F2N7O10S4. The monoisotopic (exact) mass is 961 g/mol.